The van der Waals surface area contributed by atoms with E-state index < -0.39 is 23.8 Å². The van der Waals surface area contributed by atoms with E-state index in [1.807, 2.05) is 24.3 Å². The summed E-state index contributed by atoms with van der Waals surface area (Å²) in [5.41, 5.74) is 1.14. The van der Waals surface area contributed by atoms with Crippen molar-refractivity contribution in [3.63, 3.8) is 0 Å². The van der Waals surface area contributed by atoms with Gasteiger partial charge in [-0.1, -0.05) is 38.0 Å². The molecule has 0 spiro atoms. The number of likely N-dealkylation sites (tertiary alicyclic amines) is 1. The molecule has 1 aliphatic rings. The largest absolute Gasteiger partial charge is 0.466 e. The number of benzene rings is 1. The molecule has 2 heterocycles. The lowest BCUT2D eigenvalue weighted by Gasteiger charge is -2.17. The molecule has 1 aromatic carbocycles. The molecule has 0 radical (unpaired) electrons. The summed E-state index contributed by atoms with van der Waals surface area (Å²) >= 11 is 0. The van der Waals surface area contributed by atoms with Gasteiger partial charge in [0.2, 0.25) is 5.91 Å². The van der Waals surface area contributed by atoms with Crippen LogP contribution in [-0.2, 0) is 14.3 Å². The molecule has 154 valence electrons. The fourth-order valence-corrected chi connectivity index (χ4v) is 3.60. The van der Waals surface area contributed by atoms with Gasteiger partial charge in [-0.15, -0.1) is 0 Å². The summed E-state index contributed by atoms with van der Waals surface area (Å²) in [6.45, 7) is 4.89. The van der Waals surface area contributed by atoms with Crippen LogP contribution < -0.4 is 5.32 Å². The Morgan fingerprint density at radius 3 is 2.79 bits per heavy atom. The van der Waals surface area contributed by atoms with Crippen LogP contribution >= 0.6 is 0 Å². The van der Waals surface area contributed by atoms with Crippen molar-refractivity contribution in [2.75, 3.05) is 19.7 Å². The number of para-hydroxylation sites is 1. The van der Waals surface area contributed by atoms with Crippen molar-refractivity contribution >= 4 is 28.7 Å². The summed E-state index contributed by atoms with van der Waals surface area (Å²) in [4.78, 5) is 44.0. The number of aromatic nitrogens is 1. The standard InChI is InChI=1S/C22H27N3O4/c1-3-5-8-11-25-14-17(22(28)29-4-2)19(21(25)27)24-20(26)16-12-15-9-6-7-10-18(15)23-13-16/h6-7,9-10,12-13,17,19H,3-5,8,11,14H2,1-2H3,(H,24,26)/t17-,19-/m1/s1. The van der Waals surface area contributed by atoms with Gasteiger partial charge in [0.05, 0.1) is 17.7 Å². The zero-order chi connectivity index (χ0) is 20.8. The Morgan fingerprint density at radius 2 is 2.03 bits per heavy atom. The molecule has 1 N–H and O–H groups in total. The molecule has 1 saturated heterocycles. The van der Waals surface area contributed by atoms with Crippen LogP contribution in [0, 0.1) is 5.92 Å². The summed E-state index contributed by atoms with van der Waals surface area (Å²) in [7, 11) is 0. The molecule has 29 heavy (non-hydrogen) atoms. The van der Waals surface area contributed by atoms with Gasteiger partial charge in [0, 0.05) is 24.7 Å². The van der Waals surface area contributed by atoms with Gasteiger partial charge in [0.1, 0.15) is 12.0 Å². The molecule has 0 unspecified atom stereocenters. The highest BCUT2D eigenvalue weighted by Gasteiger charge is 2.45. The van der Waals surface area contributed by atoms with E-state index >= 15 is 0 Å². The molecule has 2 aromatic rings. The van der Waals surface area contributed by atoms with E-state index in [1.54, 1.807) is 17.9 Å². The Labute approximate surface area is 170 Å². The first-order chi connectivity index (χ1) is 14.0. The van der Waals surface area contributed by atoms with Crippen LogP contribution in [-0.4, -0.2) is 53.4 Å². The first-order valence-corrected chi connectivity index (χ1v) is 10.2. The number of carbonyl (C=O) groups excluding carboxylic acids is 3. The Bertz CT molecular complexity index is 899. The first-order valence-electron chi connectivity index (χ1n) is 10.2. The van der Waals surface area contributed by atoms with Gasteiger partial charge in [-0.3, -0.25) is 19.4 Å². The average molecular weight is 397 g/mol. The van der Waals surface area contributed by atoms with Crippen LogP contribution in [0.3, 0.4) is 0 Å². The van der Waals surface area contributed by atoms with Gasteiger partial charge < -0.3 is 15.0 Å². The zero-order valence-electron chi connectivity index (χ0n) is 16.9. The minimum atomic E-state index is -0.922. The summed E-state index contributed by atoms with van der Waals surface area (Å²) < 4.78 is 5.14. The normalized spacial score (nSPS) is 18.8. The summed E-state index contributed by atoms with van der Waals surface area (Å²) in [6, 6.07) is 8.30. The maximum absolute atomic E-state index is 12.9. The fourth-order valence-electron chi connectivity index (χ4n) is 3.60. The second kappa shape index (κ2) is 9.49. The van der Waals surface area contributed by atoms with E-state index in [1.165, 1.54) is 6.20 Å². The summed E-state index contributed by atoms with van der Waals surface area (Å²) in [5, 5.41) is 3.58. The molecule has 7 nitrogen and oxygen atoms in total. The predicted molar refractivity (Wildman–Crippen MR) is 109 cm³/mol. The van der Waals surface area contributed by atoms with E-state index in [0.717, 1.165) is 30.2 Å². The molecule has 7 heteroatoms. The van der Waals surface area contributed by atoms with Gasteiger partial charge in [-0.25, -0.2) is 0 Å². The predicted octanol–water partition coefficient (Wildman–Crippen LogP) is 2.54. The van der Waals surface area contributed by atoms with Gasteiger partial charge in [0.25, 0.3) is 5.91 Å². The zero-order valence-corrected chi connectivity index (χ0v) is 16.9. The monoisotopic (exact) mass is 397 g/mol. The van der Waals surface area contributed by atoms with Crippen molar-refractivity contribution in [1.29, 1.82) is 0 Å². The number of nitrogens with one attached hydrogen (secondary N) is 1. The lowest BCUT2D eigenvalue weighted by atomic mass is 10.0. The number of unbranched alkanes of at least 4 members (excludes halogenated alkanes) is 2. The number of hydrogen-bond donors (Lipinski definition) is 1. The van der Waals surface area contributed by atoms with Crippen LogP contribution in [0.1, 0.15) is 43.5 Å². The van der Waals surface area contributed by atoms with Crippen molar-refractivity contribution in [3.8, 4) is 0 Å². The molecular weight excluding hydrogens is 370 g/mol. The first kappa shape index (κ1) is 20.8. The Balaban J connectivity index is 1.77. The third-order valence-electron chi connectivity index (χ3n) is 5.16. The maximum Gasteiger partial charge on any atom is 0.313 e. The molecule has 2 atom stereocenters. The number of nitrogens with zero attached hydrogens (tertiary/aromatic N) is 2. The van der Waals surface area contributed by atoms with E-state index in [0.29, 0.717) is 12.1 Å². The SMILES string of the molecule is CCCCCN1C[C@@H](C(=O)OCC)[C@@H](NC(=O)c2cnc3ccccc3c2)C1=O. The third kappa shape index (κ3) is 4.72. The molecule has 1 aromatic heterocycles. The third-order valence-corrected chi connectivity index (χ3v) is 5.16. The van der Waals surface area contributed by atoms with Crippen molar-refractivity contribution in [3.05, 3.63) is 42.1 Å². The highest BCUT2D eigenvalue weighted by atomic mass is 16.5. The lowest BCUT2D eigenvalue weighted by Crippen LogP contribution is -2.46. The molecule has 0 aliphatic carbocycles. The number of pyridine rings is 1. The summed E-state index contributed by atoms with van der Waals surface area (Å²) in [6.07, 6.45) is 4.40. The second-order valence-electron chi connectivity index (χ2n) is 7.22. The number of hydrogen-bond acceptors (Lipinski definition) is 5. The number of rotatable bonds is 8. The van der Waals surface area contributed by atoms with E-state index in [4.69, 9.17) is 4.74 Å². The Hall–Kier alpha value is -2.96. The van der Waals surface area contributed by atoms with Gasteiger partial charge in [-0.05, 0) is 25.5 Å². The minimum absolute atomic E-state index is 0.231. The molecular formula is C22H27N3O4. The smallest absolute Gasteiger partial charge is 0.313 e. The summed E-state index contributed by atoms with van der Waals surface area (Å²) in [5.74, 6) is -1.82. The highest BCUT2D eigenvalue weighted by Crippen LogP contribution is 2.22. The topological polar surface area (TPSA) is 88.6 Å². The van der Waals surface area contributed by atoms with Gasteiger partial charge in [-0.2, -0.15) is 0 Å². The number of fused-ring (bicyclic) bond motifs is 1. The lowest BCUT2D eigenvalue weighted by molar-refractivity contribution is -0.148. The van der Waals surface area contributed by atoms with Crippen LogP contribution in [0.5, 0.6) is 0 Å². The van der Waals surface area contributed by atoms with Crippen LogP contribution in [0.15, 0.2) is 36.5 Å². The van der Waals surface area contributed by atoms with Crippen molar-refractivity contribution in [2.24, 2.45) is 5.92 Å². The molecule has 2 amide bonds. The Morgan fingerprint density at radius 1 is 1.24 bits per heavy atom. The minimum Gasteiger partial charge on any atom is -0.466 e. The van der Waals surface area contributed by atoms with Gasteiger partial charge >= 0.3 is 5.97 Å². The van der Waals surface area contributed by atoms with Crippen molar-refractivity contribution < 1.29 is 19.1 Å². The highest BCUT2D eigenvalue weighted by molar-refractivity contribution is 6.01. The van der Waals surface area contributed by atoms with E-state index in [9.17, 15) is 14.4 Å². The maximum atomic E-state index is 12.9. The average Bonchev–Trinajstić information content (AvgIpc) is 3.04. The van der Waals surface area contributed by atoms with Crippen molar-refractivity contribution in [1.82, 2.24) is 15.2 Å². The molecule has 1 aliphatic heterocycles. The quantitative estimate of drug-likeness (QED) is 0.546. The molecule has 0 bridgehead atoms. The van der Waals surface area contributed by atoms with Crippen LogP contribution in [0.2, 0.25) is 0 Å². The molecule has 0 saturated carbocycles. The number of carbonyl (C=O) groups is 3. The Kier molecular flexibility index (Phi) is 6.80. The molecule has 1 fully saturated rings. The van der Waals surface area contributed by atoms with Crippen LogP contribution in [0.25, 0.3) is 10.9 Å². The fraction of sp³-hybridized carbons (Fsp3) is 0.455. The number of amides is 2. The van der Waals surface area contributed by atoms with E-state index in [-0.39, 0.29) is 19.1 Å². The molecule has 3 rings (SSSR count). The second-order valence-corrected chi connectivity index (χ2v) is 7.22. The number of esters is 1. The van der Waals surface area contributed by atoms with Gasteiger partial charge in [0.15, 0.2) is 0 Å². The van der Waals surface area contributed by atoms with Crippen molar-refractivity contribution in [2.45, 2.75) is 39.2 Å². The van der Waals surface area contributed by atoms with Crippen LogP contribution in [0.4, 0.5) is 0 Å². The number of ether oxygens (including phenoxy) is 1. The van der Waals surface area contributed by atoms with E-state index in [2.05, 4.69) is 17.2 Å².